The highest BCUT2D eigenvalue weighted by Crippen LogP contribution is 2.37. The Labute approximate surface area is 223 Å². The molecule has 0 spiro atoms. The number of hydrogen-bond donors (Lipinski definition) is 7. The van der Waals surface area contributed by atoms with Gasteiger partial charge in [0.1, 0.15) is 23.9 Å². The van der Waals surface area contributed by atoms with Gasteiger partial charge in [-0.05, 0) is 42.9 Å². The van der Waals surface area contributed by atoms with E-state index in [0.29, 0.717) is 6.42 Å². The van der Waals surface area contributed by atoms with Crippen molar-refractivity contribution in [2.24, 2.45) is 16.2 Å². The molecule has 7 N–H and O–H groups in total. The van der Waals surface area contributed by atoms with Gasteiger partial charge in [-0.1, -0.05) is 67.5 Å². The molecule has 37 heavy (non-hydrogen) atoms. The topological polar surface area (TPSA) is 152 Å². The van der Waals surface area contributed by atoms with Crippen molar-refractivity contribution >= 4 is 6.09 Å². The van der Waals surface area contributed by atoms with E-state index in [4.69, 9.17) is 4.74 Å². The maximum absolute atomic E-state index is 12.9. The second-order valence-corrected chi connectivity index (χ2v) is 14.5. The van der Waals surface area contributed by atoms with Crippen LogP contribution < -0.4 is 10.6 Å². The number of nitrogens with one attached hydrogen (secondary N) is 2. The molecule has 9 nitrogen and oxygen atoms in total. The van der Waals surface area contributed by atoms with Crippen LogP contribution in [0.3, 0.4) is 0 Å². The lowest BCUT2D eigenvalue weighted by atomic mass is 9.71. The molecular formula is C28H54N2O7. The number of rotatable bonds is 11. The van der Waals surface area contributed by atoms with Crippen molar-refractivity contribution in [3.8, 4) is 0 Å². The molecule has 0 fully saturated rings. The summed E-state index contributed by atoms with van der Waals surface area (Å²) in [6, 6.07) is -1.56. The molecule has 0 aromatic heterocycles. The Balaban J connectivity index is 3.01. The average molecular weight is 531 g/mol. The Hall–Kier alpha value is -1.23. The van der Waals surface area contributed by atoms with Crippen LogP contribution in [-0.2, 0) is 4.74 Å². The summed E-state index contributed by atoms with van der Waals surface area (Å²) >= 11 is 0. The van der Waals surface area contributed by atoms with Crippen molar-refractivity contribution in [1.82, 2.24) is 10.6 Å². The van der Waals surface area contributed by atoms with Crippen molar-refractivity contribution < 1.29 is 35.1 Å². The van der Waals surface area contributed by atoms with E-state index in [9.17, 15) is 30.3 Å². The second kappa shape index (κ2) is 12.7. The maximum Gasteiger partial charge on any atom is 0.408 e. The highest BCUT2D eigenvalue weighted by molar-refractivity contribution is 5.68. The predicted molar refractivity (Wildman–Crippen MR) is 145 cm³/mol. The van der Waals surface area contributed by atoms with Crippen LogP contribution in [-0.4, -0.2) is 86.4 Å². The smallest absolute Gasteiger partial charge is 0.408 e. The minimum absolute atomic E-state index is 0.0193. The zero-order valence-corrected chi connectivity index (χ0v) is 24.6. The minimum Gasteiger partial charge on any atom is -0.444 e. The molecule has 0 saturated carbocycles. The number of carbonyl (C=O) groups is 1. The molecule has 0 heterocycles. The summed E-state index contributed by atoms with van der Waals surface area (Å²) in [5.74, 6) is 0. The Kier molecular flexibility index (Phi) is 11.6. The van der Waals surface area contributed by atoms with Crippen molar-refractivity contribution in [2.75, 3.05) is 6.54 Å². The van der Waals surface area contributed by atoms with E-state index in [1.807, 2.05) is 27.7 Å². The Morgan fingerprint density at radius 3 is 1.92 bits per heavy atom. The third-order valence-corrected chi connectivity index (χ3v) is 6.60. The van der Waals surface area contributed by atoms with Gasteiger partial charge >= 0.3 is 6.09 Å². The van der Waals surface area contributed by atoms with Crippen LogP contribution in [0.25, 0.3) is 0 Å². The lowest BCUT2D eigenvalue weighted by Gasteiger charge is -2.39. The van der Waals surface area contributed by atoms with Crippen LogP contribution in [0, 0.1) is 16.2 Å². The Bertz CT molecular complexity index is 755. The molecule has 1 aliphatic carbocycles. The number of hydrogen-bond acceptors (Lipinski definition) is 8. The SMILES string of the molecule is CC(C)(C)CC(C)(C)OC(=O)NC(CNC1C=CC(O)C(O)C1O)C(O)CC(O)C(C)(C)CC(C)(C)C. The first-order chi connectivity index (χ1) is 16.5. The third kappa shape index (κ3) is 12.0. The number of aliphatic hydroxyl groups excluding tert-OH is 5. The summed E-state index contributed by atoms with van der Waals surface area (Å²) < 4.78 is 5.69. The largest absolute Gasteiger partial charge is 0.444 e. The zero-order chi connectivity index (χ0) is 29.0. The van der Waals surface area contributed by atoms with Gasteiger partial charge in [-0.15, -0.1) is 0 Å². The molecule has 0 bridgehead atoms. The lowest BCUT2D eigenvalue weighted by Crippen LogP contribution is -2.57. The van der Waals surface area contributed by atoms with E-state index in [0.717, 1.165) is 6.42 Å². The molecule has 0 aromatic carbocycles. The number of alkyl carbamates (subject to hydrolysis) is 1. The Morgan fingerprint density at radius 1 is 0.865 bits per heavy atom. The molecule has 1 aliphatic rings. The van der Waals surface area contributed by atoms with Gasteiger partial charge in [0.15, 0.2) is 0 Å². The van der Waals surface area contributed by atoms with Crippen LogP contribution in [0.5, 0.6) is 0 Å². The summed E-state index contributed by atoms with van der Waals surface area (Å²) in [6.07, 6.45) is -2.17. The van der Waals surface area contributed by atoms with Gasteiger partial charge in [0.05, 0.1) is 24.3 Å². The number of carbonyl (C=O) groups excluding carboxylic acids is 1. The van der Waals surface area contributed by atoms with Crippen molar-refractivity contribution in [1.29, 1.82) is 0 Å². The average Bonchev–Trinajstić information content (AvgIpc) is 2.66. The molecule has 0 aliphatic heterocycles. The molecule has 7 atom stereocenters. The van der Waals surface area contributed by atoms with E-state index in [1.165, 1.54) is 12.2 Å². The summed E-state index contributed by atoms with van der Waals surface area (Å²) in [4.78, 5) is 12.9. The molecule has 0 saturated heterocycles. The number of aliphatic hydroxyl groups is 5. The number of amides is 1. The maximum atomic E-state index is 12.9. The van der Waals surface area contributed by atoms with E-state index < -0.39 is 59.7 Å². The number of ether oxygens (including phenoxy) is 1. The van der Waals surface area contributed by atoms with Gasteiger partial charge in [0.25, 0.3) is 0 Å². The van der Waals surface area contributed by atoms with Crippen molar-refractivity contribution in [3.05, 3.63) is 12.2 Å². The molecule has 1 rings (SSSR count). The molecule has 218 valence electrons. The standard InChI is InChI=1S/C28H54N2O7/c1-25(2,3)15-27(7,8)21(33)13-20(32)18(14-29-17-11-12-19(31)23(35)22(17)34)30-24(36)37-28(9,10)16-26(4,5)6/h11-12,17-23,29,31-35H,13-16H2,1-10H3,(H,30,36). The van der Waals surface area contributed by atoms with E-state index in [1.54, 1.807) is 0 Å². The summed E-state index contributed by atoms with van der Waals surface area (Å²) in [7, 11) is 0. The van der Waals surface area contributed by atoms with Crippen LogP contribution in [0.2, 0.25) is 0 Å². The van der Waals surface area contributed by atoms with Crippen molar-refractivity contribution in [2.45, 2.75) is 137 Å². The molecular weight excluding hydrogens is 476 g/mol. The third-order valence-electron chi connectivity index (χ3n) is 6.60. The monoisotopic (exact) mass is 530 g/mol. The van der Waals surface area contributed by atoms with Gasteiger partial charge in [-0.2, -0.15) is 0 Å². The van der Waals surface area contributed by atoms with Crippen molar-refractivity contribution in [3.63, 3.8) is 0 Å². The quantitative estimate of drug-likeness (QED) is 0.201. The highest BCUT2D eigenvalue weighted by Gasteiger charge is 2.38. The van der Waals surface area contributed by atoms with Gasteiger partial charge in [-0.3, -0.25) is 0 Å². The van der Waals surface area contributed by atoms with Gasteiger partial charge in [0, 0.05) is 13.0 Å². The molecule has 9 heteroatoms. The fraction of sp³-hybridized carbons (Fsp3) is 0.893. The van der Waals surface area contributed by atoms with Gasteiger partial charge in [0.2, 0.25) is 0 Å². The van der Waals surface area contributed by atoms with E-state index in [-0.39, 0.29) is 23.8 Å². The first-order valence-electron chi connectivity index (χ1n) is 13.3. The fourth-order valence-corrected chi connectivity index (χ4v) is 5.55. The van der Waals surface area contributed by atoms with Crippen LogP contribution in [0.4, 0.5) is 4.79 Å². The Morgan fingerprint density at radius 2 is 1.41 bits per heavy atom. The zero-order valence-electron chi connectivity index (χ0n) is 24.6. The lowest BCUT2D eigenvalue weighted by molar-refractivity contribution is -0.0578. The first kappa shape index (κ1) is 33.8. The minimum atomic E-state index is -1.36. The molecule has 0 radical (unpaired) electrons. The fourth-order valence-electron chi connectivity index (χ4n) is 5.55. The molecule has 1 amide bonds. The van der Waals surface area contributed by atoms with Gasteiger partial charge in [-0.25, -0.2) is 4.79 Å². The summed E-state index contributed by atoms with van der Waals surface area (Å²) in [6.45, 7) is 20.0. The first-order valence-corrected chi connectivity index (χ1v) is 13.3. The van der Waals surface area contributed by atoms with E-state index in [2.05, 4.69) is 52.2 Å². The normalized spacial score (nSPS) is 25.9. The second-order valence-electron chi connectivity index (χ2n) is 14.5. The van der Waals surface area contributed by atoms with Crippen LogP contribution >= 0.6 is 0 Å². The van der Waals surface area contributed by atoms with Crippen LogP contribution in [0.1, 0.15) is 88.5 Å². The predicted octanol–water partition coefficient (Wildman–Crippen LogP) is 2.48. The van der Waals surface area contributed by atoms with E-state index >= 15 is 0 Å². The molecule has 7 unspecified atom stereocenters. The molecule has 0 aromatic rings. The highest BCUT2D eigenvalue weighted by atomic mass is 16.6. The van der Waals surface area contributed by atoms with Crippen LogP contribution in [0.15, 0.2) is 12.2 Å². The summed E-state index contributed by atoms with van der Waals surface area (Å²) in [5.41, 5.74) is -1.31. The summed E-state index contributed by atoms with van der Waals surface area (Å²) in [5, 5.41) is 57.9. The van der Waals surface area contributed by atoms with Gasteiger partial charge < -0.3 is 40.9 Å².